The highest BCUT2D eigenvalue weighted by Crippen LogP contribution is 2.58. The minimum Gasteiger partial charge on any atom is -0.497 e. The molecule has 9 heteroatoms. The second-order valence-corrected chi connectivity index (χ2v) is 10.7. The second-order valence-electron chi connectivity index (χ2n) is 9.79. The van der Waals surface area contributed by atoms with Crippen molar-refractivity contribution in [2.24, 2.45) is 0 Å². The van der Waals surface area contributed by atoms with E-state index in [4.69, 9.17) is 32.7 Å². The summed E-state index contributed by atoms with van der Waals surface area (Å²) in [7, 11) is 1.56. The predicted molar refractivity (Wildman–Crippen MR) is 151 cm³/mol. The summed E-state index contributed by atoms with van der Waals surface area (Å²) in [5.74, 6) is -0.412. The molecule has 0 bridgehead atoms. The quantitative estimate of drug-likeness (QED) is 0.264. The number of halogens is 3. The molecule has 0 aromatic heterocycles. The number of fused-ring (bicyclic) bond motifs is 2. The number of nitrogens with one attached hydrogen (secondary N) is 2. The average molecular weight is 577 g/mol. The van der Waals surface area contributed by atoms with Gasteiger partial charge in [-0.15, -0.1) is 0 Å². The van der Waals surface area contributed by atoms with Crippen LogP contribution in [0.5, 0.6) is 17.2 Å². The Morgan fingerprint density at radius 3 is 2.40 bits per heavy atom. The smallest absolute Gasteiger partial charge is 0.238 e. The third kappa shape index (κ3) is 4.35. The Morgan fingerprint density at radius 2 is 1.65 bits per heavy atom. The predicted octanol–water partition coefficient (Wildman–Crippen LogP) is 7.17. The first-order chi connectivity index (χ1) is 19.3. The van der Waals surface area contributed by atoms with E-state index in [1.807, 2.05) is 6.07 Å². The van der Waals surface area contributed by atoms with Crippen molar-refractivity contribution >= 4 is 40.7 Å². The first-order valence-electron chi connectivity index (χ1n) is 12.6. The maximum Gasteiger partial charge on any atom is 0.238 e. The van der Waals surface area contributed by atoms with Crippen LogP contribution in [0.1, 0.15) is 35.1 Å². The SMILES string of the molecule is COc1ccc(Oc2ccc(F)cc2C2NC(=O)CC(c3cccc(Cl)c3)C23C(=O)Nc2cc(Cl)ccc23)cc1. The van der Waals surface area contributed by atoms with Gasteiger partial charge >= 0.3 is 0 Å². The summed E-state index contributed by atoms with van der Waals surface area (Å²) in [5, 5.41) is 6.89. The molecule has 1 saturated heterocycles. The number of carbonyl (C=O) groups is 2. The molecule has 2 N–H and O–H groups in total. The summed E-state index contributed by atoms with van der Waals surface area (Å²) in [6.07, 6.45) is 0.0102. The Hall–Kier alpha value is -4.07. The molecule has 202 valence electrons. The molecule has 2 amide bonds. The molecule has 0 saturated carbocycles. The summed E-state index contributed by atoms with van der Waals surface area (Å²) < 4.78 is 26.4. The van der Waals surface area contributed by atoms with Gasteiger partial charge in [0.1, 0.15) is 28.5 Å². The van der Waals surface area contributed by atoms with Crippen LogP contribution in [0.25, 0.3) is 0 Å². The van der Waals surface area contributed by atoms with Gasteiger partial charge in [-0.3, -0.25) is 9.59 Å². The molecular formula is C31H23Cl2FN2O4. The number of methoxy groups -OCH3 is 1. The molecule has 3 atom stereocenters. The number of benzene rings is 4. The monoisotopic (exact) mass is 576 g/mol. The normalized spacial score (nSPS) is 21.5. The Labute approximate surface area is 240 Å². The lowest BCUT2D eigenvalue weighted by atomic mass is 9.59. The van der Waals surface area contributed by atoms with E-state index in [1.165, 1.54) is 18.2 Å². The van der Waals surface area contributed by atoms with Crippen LogP contribution in [-0.4, -0.2) is 18.9 Å². The molecule has 1 fully saturated rings. The topological polar surface area (TPSA) is 76.7 Å². The van der Waals surface area contributed by atoms with E-state index < -0.39 is 23.2 Å². The van der Waals surface area contributed by atoms with E-state index in [9.17, 15) is 14.0 Å². The van der Waals surface area contributed by atoms with Gasteiger partial charge in [-0.05, 0) is 77.9 Å². The highest BCUT2D eigenvalue weighted by molar-refractivity contribution is 6.31. The van der Waals surface area contributed by atoms with Gasteiger partial charge in [-0.2, -0.15) is 0 Å². The van der Waals surface area contributed by atoms with Crippen molar-refractivity contribution in [3.05, 3.63) is 117 Å². The lowest BCUT2D eigenvalue weighted by Gasteiger charge is -2.46. The van der Waals surface area contributed by atoms with E-state index >= 15 is 0 Å². The Balaban J connectivity index is 1.58. The number of hydrogen-bond acceptors (Lipinski definition) is 4. The molecule has 6 nitrogen and oxygen atoms in total. The first kappa shape index (κ1) is 26.2. The summed E-state index contributed by atoms with van der Waals surface area (Å²) in [4.78, 5) is 27.5. The molecule has 3 unspecified atom stereocenters. The zero-order valence-electron chi connectivity index (χ0n) is 21.2. The van der Waals surface area contributed by atoms with Crippen LogP contribution in [-0.2, 0) is 15.0 Å². The molecule has 4 aromatic carbocycles. The van der Waals surface area contributed by atoms with Gasteiger partial charge in [0, 0.05) is 33.6 Å². The van der Waals surface area contributed by atoms with E-state index in [-0.39, 0.29) is 24.0 Å². The van der Waals surface area contributed by atoms with Gasteiger partial charge in [-0.1, -0.05) is 41.4 Å². The molecule has 0 aliphatic carbocycles. The largest absolute Gasteiger partial charge is 0.497 e. The Bertz CT molecular complexity index is 1650. The van der Waals surface area contributed by atoms with Crippen molar-refractivity contribution in [1.82, 2.24) is 5.32 Å². The third-order valence-electron chi connectivity index (χ3n) is 7.57. The van der Waals surface area contributed by atoms with Crippen LogP contribution >= 0.6 is 23.2 Å². The molecule has 40 heavy (non-hydrogen) atoms. The zero-order valence-corrected chi connectivity index (χ0v) is 22.7. The molecule has 2 aliphatic heterocycles. The van der Waals surface area contributed by atoms with Crippen molar-refractivity contribution in [3.63, 3.8) is 0 Å². The van der Waals surface area contributed by atoms with Crippen LogP contribution in [0.4, 0.5) is 10.1 Å². The summed E-state index contributed by atoms with van der Waals surface area (Å²) in [5.41, 5.74) is 0.814. The zero-order chi connectivity index (χ0) is 28.0. The van der Waals surface area contributed by atoms with E-state index in [0.717, 1.165) is 0 Å². The van der Waals surface area contributed by atoms with E-state index in [0.29, 0.717) is 43.9 Å². The van der Waals surface area contributed by atoms with E-state index in [2.05, 4.69) is 10.6 Å². The third-order valence-corrected chi connectivity index (χ3v) is 8.04. The summed E-state index contributed by atoms with van der Waals surface area (Å²) in [6, 6.07) is 22.2. The molecule has 0 radical (unpaired) electrons. The molecular weight excluding hydrogens is 554 g/mol. The lowest BCUT2D eigenvalue weighted by Crippen LogP contribution is -2.56. The van der Waals surface area contributed by atoms with Crippen LogP contribution in [0, 0.1) is 5.82 Å². The number of hydrogen-bond donors (Lipinski definition) is 2. The highest BCUT2D eigenvalue weighted by Gasteiger charge is 2.61. The van der Waals surface area contributed by atoms with Gasteiger partial charge < -0.3 is 20.1 Å². The number of amides is 2. The number of piperidine rings is 1. The van der Waals surface area contributed by atoms with Crippen molar-refractivity contribution < 1.29 is 23.5 Å². The number of ether oxygens (including phenoxy) is 2. The summed E-state index contributed by atoms with van der Waals surface area (Å²) >= 11 is 12.7. The first-order valence-corrected chi connectivity index (χ1v) is 13.3. The fourth-order valence-electron chi connectivity index (χ4n) is 5.88. The van der Waals surface area contributed by atoms with E-state index in [1.54, 1.807) is 67.8 Å². The molecule has 2 heterocycles. The molecule has 4 aromatic rings. The minimum absolute atomic E-state index is 0.0102. The van der Waals surface area contributed by atoms with Gasteiger partial charge in [-0.25, -0.2) is 4.39 Å². The van der Waals surface area contributed by atoms with Gasteiger partial charge in [0.15, 0.2) is 0 Å². The molecule has 2 aliphatic rings. The van der Waals surface area contributed by atoms with Crippen molar-refractivity contribution in [1.29, 1.82) is 0 Å². The highest BCUT2D eigenvalue weighted by atomic mass is 35.5. The lowest BCUT2D eigenvalue weighted by molar-refractivity contribution is -0.131. The Kier molecular flexibility index (Phi) is 6.64. The van der Waals surface area contributed by atoms with Gasteiger partial charge in [0.25, 0.3) is 0 Å². The van der Waals surface area contributed by atoms with Crippen LogP contribution in [0.2, 0.25) is 10.0 Å². The number of rotatable bonds is 5. The molecule has 1 spiro atoms. The fraction of sp³-hybridized carbons (Fsp3) is 0.161. The number of anilines is 1. The van der Waals surface area contributed by atoms with Gasteiger partial charge in [0.2, 0.25) is 11.8 Å². The second kappa shape index (κ2) is 10.2. The van der Waals surface area contributed by atoms with Crippen LogP contribution < -0.4 is 20.1 Å². The van der Waals surface area contributed by atoms with Crippen LogP contribution in [0.15, 0.2) is 84.9 Å². The summed E-state index contributed by atoms with van der Waals surface area (Å²) in [6.45, 7) is 0. The van der Waals surface area contributed by atoms with Crippen molar-refractivity contribution in [2.75, 3.05) is 12.4 Å². The fourth-order valence-corrected chi connectivity index (χ4v) is 6.25. The maximum absolute atomic E-state index is 14.9. The minimum atomic E-state index is -1.37. The van der Waals surface area contributed by atoms with Crippen LogP contribution in [0.3, 0.4) is 0 Å². The number of carbonyl (C=O) groups excluding carboxylic acids is 2. The van der Waals surface area contributed by atoms with Crippen molar-refractivity contribution in [3.8, 4) is 17.2 Å². The average Bonchev–Trinajstić information content (AvgIpc) is 3.22. The standard InChI is InChI=1S/C31H23Cl2FN2O4/c1-39-21-7-9-22(10-8-21)40-27-12-6-20(34)15-23(27)29-31(24-11-5-19(33)14-26(24)35-30(31)38)25(16-28(37)36-29)17-3-2-4-18(32)13-17/h2-15,25,29H,16H2,1H3,(H,35,38)(H,36,37). The maximum atomic E-state index is 14.9. The van der Waals surface area contributed by atoms with Gasteiger partial charge in [0.05, 0.1) is 13.2 Å². The Morgan fingerprint density at radius 1 is 0.900 bits per heavy atom. The molecule has 6 rings (SSSR count). The van der Waals surface area contributed by atoms with Crippen molar-refractivity contribution in [2.45, 2.75) is 23.8 Å².